The third-order valence-electron chi connectivity index (χ3n) is 2.85. The van der Waals surface area contributed by atoms with E-state index in [4.69, 9.17) is 20.8 Å². The number of rotatable bonds is 6. The van der Waals surface area contributed by atoms with Gasteiger partial charge < -0.3 is 19.8 Å². The molecule has 0 aliphatic carbocycles. The minimum atomic E-state index is -0.498. The van der Waals surface area contributed by atoms with E-state index in [1.54, 1.807) is 6.26 Å². The minimum Gasteiger partial charge on any atom is -0.467 e. The molecule has 23 heavy (non-hydrogen) atoms. The predicted molar refractivity (Wildman–Crippen MR) is 92.1 cm³/mol. The molecule has 2 aromatic rings. The molecule has 0 saturated carbocycles. The maximum Gasteiger partial charge on any atom is 0.407 e. The third kappa shape index (κ3) is 5.89. The molecular formula is C16H21ClN2O3S. The van der Waals surface area contributed by atoms with E-state index in [9.17, 15) is 4.79 Å². The van der Waals surface area contributed by atoms with Crippen molar-refractivity contribution in [3.63, 3.8) is 0 Å². The minimum absolute atomic E-state index is 0.0945. The lowest BCUT2D eigenvalue weighted by Gasteiger charge is -2.20. The van der Waals surface area contributed by atoms with Crippen molar-refractivity contribution in [2.75, 3.05) is 13.1 Å². The van der Waals surface area contributed by atoms with Crippen molar-refractivity contribution in [1.82, 2.24) is 10.6 Å². The molecule has 1 atom stereocenters. The average molecular weight is 357 g/mol. The lowest BCUT2D eigenvalue weighted by Crippen LogP contribution is -2.37. The summed E-state index contributed by atoms with van der Waals surface area (Å²) in [5, 5.41) is 6.08. The quantitative estimate of drug-likeness (QED) is 0.761. The SMILES string of the molecule is CC(C)(C)OC(=O)NCCNC(c1ccco1)c1ccc(Cl)s1. The molecule has 0 fully saturated rings. The summed E-state index contributed by atoms with van der Waals surface area (Å²) < 4.78 is 11.4. The molecule has 0 aromatic carbocycles. The Hall–Kier alpha value is -1.50. The maximum absolute atomic E-state index is 11.6. The van der Waals surface area contributed by atoms with Crippen LogP contribution in [-0.4, -0.2) is 24.8 Å². The Labute approximate surface area is 145 Å². The number of thiophene rings is 1. The number of halogens is 1. The fraction of sp³-hybridized carbons (Fsp3) is 0.438. The van der Waals surface area contributed by atoms with Gasteiger partial charge in [0.15, 0.2) is 0 Å². The number of hydrogen-bond acceptors (Lipinski definition) is 5. The highest BCUT2D eigenvalue weighted by Crippen LogP contribution is 2.31. The number of nitrogens with one attached hydrogen (secondary N) is 2. The Morgan fingerprint density at radius 3 is 2.70 bits per heavy atom. The van der Waals surface area contributed by atoms with E-state index in [1.165, 1.54) is 11.3 Å². The van der Waals surface area contributed by atoms with Gasteiger partial charge in [0.05, 0.1) is 10.6 Å². The van der Waals surface area contributed by atoms with Crippen molar-refractivity contribution in [2.24, 2.45) is 0 Å². The second-order valence-electron chi connectivity index (χ2n) is 5.97. The van der Waals surface area contributed by atoms with E-state index >= 15 is 0 Å². The van der Waals surface area contributed by atoms with Crippen LogP contribution in [0.5, 0.6) is 0 Å². The first-order valence-corrected chi connectivity index (χ1v) is 8.53. The second-order valence-corrected chi connectivity index (χ2v) is 7.72. The van der Waals surface area contributed by atoms with Crippen LogP contribution in [0.4, 0.5) is 4.79 Å². The summed E-state index contributed by atoms with van der Waals surface area (Å²) in [6, 6.07) is 7.49. The summed E-state index contributed by atoms with van der Waals surface area (Å²) in [7, 11) is 0. The molecule has 1 unspecified atom stereocenters. The molecule has 5 nitrogen and oxygen atoms in total. The van der Waals surface area contributed by atoms with Crippen molar-refractivity contribution >= 4 is 29.0 Å². The van der Waals surface area contributed by atoms with Gasteiger partial charge in [0.2, 0.25) is 0 Å². The van der Waals surface area contributed by atoms with E-state index in [0.717, 1.165) is 15.0 Å². The number of hydrogen-bond donors (Lipinski definition) is 2. The van der Waals surface area contributed by atoms with Crippen molar-refractivity contribution in [1.29, 1.82) is 0 Å². The molecule has 7 heteroatoms. The Kier molecular flexibility index (Phi) is 6.10. The van der Waals surface area contributed by atoms with Crippen LogP contribution in [0.1, 0.15) is 37.5 Å². The van der Waals surface area contributed by atoms with Gasteiger partial charge in [0, 0.05) is 18.0 Å². The van der Waals surface area contributed by atoms with Gasteiger partial charge in [-0.2, -0.15) is 0 Å². The molecular weight excluding hydrogens is 336 g/mol. The molecule has 0 radical (unpaired) electrons. The van der Waals surface area contributed by atoms with Crippen LogP contribution in [0.2, 0.25) is 4.34 Å². The lowest BCUT2D eigenvalue weighted by atomic mass is 10.2. The van der Waals surface area contributed by atoms with E-state index in [0.29, 0.717) is 13.1 Å². The summed E-state index contributed by atoms with van der Waals surface area (Å²) in [6.07, 6.45) is 1.21. The van der Waals surface area contributed by atoms with Gasteiger partial charge in [-0.15, -0.1) is 11.3 Å². The van der Waals surface area contributed by atoms with Crippen LogP contribution in [0.15, 0.2) is 34.9 Å². The van der Waals surface area contributed by atoms with Gasteiger partial charge in [0.25, 0.3) is 0 Å². The van der Waals surface area contributed by atoms with Crippen LogP contribution in [-0.2, 0) is 4.74 Å². The first-order valence-electron chi connectivity index (χ1n) is 7.34. The number of amides is 1. The van der Waals surface area contributed by atoms with Gasteiger partial charge in [-0.1, -0.05) is 11.6 Å². The Bertz CT molecular complexity index is 620. The monoisotopic (exact) mass is 356 g/mol. The van der Waals surface area contributed by atoms with Gasteiger partial charge >= 0.3 is 6.09 Å². The molecule has 2 N–H and O–H groups in total. The van der Waals surface area contributed by atoms with Gasteiger partial charge in [-0.05, 0) is 45.0 Å². The first-order chi connectivity index (χ1) is 10.8. The highest BCUT2D eigenvalue weighted by Gasteiger charge is 2.19. The molecule has 0 saturated heterocycles. The van der Waals surface area contributed by atoms with E-state index < -0.39 is 11.7 Å². The smallest absolute Gasteiger partial charge is 0.407 e. The topological polar surface area (TPSA) is 63.5 Å². The summed E-state index contributed by atoms with van der Waals surface area (Å²) in [5.41, 5.74) is -0.498. The molecule has 0 bridgehead atoms. The van der Waals surface area contributed by atoms with Crippen LogP contribution >= 0.6 is 22.9 Å². The van der Waals surface area contributed by atoms with Crippen molar-refractivity contribution in [3.8, 4) is 0 Å². The lowest BCUT2D eigenvalue weighted by molar-refractivity contribution is 0.0528. The molecule has 2 heterocycles. The number of ether oxygens (including phenoxy) is 1. The van der Waals surface area contributed by atoms with Gasteiger partial charge in [-0.25, -0.2) is 4.79 Å². The van der Waals surface area contributed by atoms with E-state index in [1.807, 2.05) is 45.0 Å². The van der Waals surface area contributed by atoms with Crippen LogP contribution < -0.4 is 10.6 Å². The summed E-state index contributed by atoms with van der Waals surface area (Å²) in [6.45, 7) is 6.51. The fourth-order valence-electron chi connectivity index (χ4n) is 1.98. The van der Waals surface area contributed by atoms with Crippen LogP contribution in [0, 0.1) is 0 Å². The van der Waals surface area contributed by atoms with Crippen LogP contribution in [0.3, 0.4) is 0 Å². The number of furan rings is 1. The molecule has 126 valence electrons. The molecule has 2 rings (SSSR count). The highest BCUT2D eigenvalue weighted by atomic mass is 35.5. The zero-order valence-electron chi connectivity index (χ0n) is 13.4. The Morgan fingerprint density at radius 1 is 1.35 bits per heavy atom. The maximum atomic E-state index is 11.6. The highest BCUT2D eigenvalue weighted by molar-refractivity contribution is 7.16. The summed E-state index contributed by atoms with van der Waals surface area (Å²) in [4.78, 5) is 12.7. The molecule has 0 aliphatic heterocycles. The van der Waals surface area contributed by atoms with E-state index in [-0.39, 0.29) is 6.04 Å². The summed E-state index contributed by atoms with van der Waals surface area (Å²) >= 11 is 7.51. The zero-order valence-corrected chi connectivity index (χ0v) is 15.0. The molecule has 0 spiro atoms. The third-order valence-corrected chi connectivity index (χ3v) is 4.14. The van der Waals surface area contributed by atoms with Crippen LogP contribution in [0.25, 0.3) is 0 Å². The van der Waals surface area contributed by atoms with E-state index in [2.05, 4.69) is 10.6 Å². The Balaban J connectivity index is 1.87. The number of carbonyl (C=O) groups is 1. The second kappa shape index (κ2) is 7.86. The number of carbonyl (C=O) groups excluding carboxylic acids is 1. The van der Waals surface area contributed by atoms with Gasteiger partial charge in [-0.3, -0.25) is 0 Å². The predicted octanol–water partition coefficient (Wildman–Crippen LogP) is 4.20. The number of alkyl carbamates (subject to hydrolysis) is 1. The Morgan fingerprint density at radius 2 is 2.13 bits per heavy atom. The standard InChI is InChI=1S/C16H21ClN2O3S/c1-16(2,3)22-15(20)19-9-8-18-14(11-5-4-10-21-11)12-6-7-13(17)23-12/h4-7,10,14,18H,8-9H2,1-3H3,(H,19,20). The largest absolute Gasteiger partial charge is 0.467 e. The fourth-order valence-corrected chi connectivity index (χ4v) is 3.12. The normalized spacial score (nSPS) is 12.9. The average Bonchev–Trinajstić information content (AvgIpc) is 3.08. The zero-order chi connectivity index (χ0) is 16.9. The van der Waals surface area contributed by atoms with Crippen molar-refractivity contribution in [3.05, 3.63) is 45.5 Å². The summed E-state index contributed by atoms with van der Waals surface area (Å²) in [5.74, 6) is 0.806. The van der Waals surface area contributed by atoms with Gasteiger partial charge in [0.1, 0.15) is 17.4 Å². The molecule has 2 aromatic heterocycles. The molecule has 1 amide bonds. The molecule has 0 aliphatic rings. The van der Waals surface area contributed by atoms with Crippen molar-refractivity contribution in [2.45, 2.75) is 32.4 Å². The first kappa shape index (κ1) is 17.8. The van der Waals surface area contributed by atoms with Crippen molar-refractivity contribution < 1.29 is 13.9 Å².